The quantitative estimate of drug-likeness (QED) is 0.343. The summed E-state index contributed by atoms with van der Waals surface area (Å²) in [4.78, 5) is 16.6. The molecule has 3 N–H and O–H groups in total. The van der Waals surface area contributed by atoms with Gasteiger partial charge in [0.25, 0.3) is 5.91 Å². The molecule has 0 fully saturated rings. The Labute approximate surface area is 182 Å². The minimum atomic E-state index is -3.61. The average molecular weight is 450 g/mol. The number of aromatic nitrogens is 1. The number of rotatable bonds is 11. The molecule has 0 saturated carbocycles. The van der Waals surface area contributed by atoms with Gasteiger partial charge in [-0.1, -0.05) is 30.3 Å². The van der Waals surface area contributed by atoms with Crippen molar-refractivity contribution in [3.8, 4) is 12.3 Å². The first-order chi connectivity index (χ1) is 14.6. The van der Waals surface area contributed by atoms with E-state index >= 15 is 0 Å². The van der Waals surface area contributed by atoms with Crippen LogP contribution in [0.1, 0.15) is 35.3 Å². The van der Waals surface area contributed by atoms with Gasteiger partial charge in [-0.05, 0) is 24.8 Å². The second-order valence-corrected chi connectivity index (χ2v) is 9.18. The Morgan fingerprint density at radius 3 is 2.61 bits per heavy atom. The molecule has 0 aliphatic heterocycles. The third-order valence-electron chi connectivity index (χ3n) is 4.73. The number of nitrogens with one attached hydrogen (secondary N) is 1. The fourth-order valence-corrected chi connectivity index (χ4v) is 3.24. The number of sulfonamides is 1. The van der Waals surface area contributed by atoms with E-state index in [2.05, 4.69) is 16.2 Å². The summed E-state index contributed by atoms with van der Waals surface area (Å²) in [6, 6.07) is 8.09. The fraction of sp³-hybridized carbons (Fsp3) is 0.429. The van der Waals surface area contributed by atoms with Crippen molar-refractivity contribution < 1.29 is 27.8 Å². The van der Waals surface area contributed by atoms with Crippen molar-refractivity contribution in [3.63, 3.8) is 0 Å². The highest BCUT2D eigenvalue weighted by atomic mass is 32.2. The first kappa shape index (κ1) is 24.4. The number of unbranched alkanes of at least 4 members (excludes halogenated alkanes) is 1. The average Bonchev–Trinajstić information content (AvgIpc) is 3.22. The van der Waals surface area contributed by atoms with Crippen LogP contribution in [0.5, 0.6) is 0 Å². The van der Waals surface area contributed by atoms with Gasteiger partial charge in [0.1, 0.15) is 12.4 Å². The SMILES string of the molecule is C#CCCCC(O)C(O)C(Cc1ccccc1)NC(=O)c1coc(N(C)S(C)(=O)=O)n1. The number of hydrogen-bond acceptors (Lipinski definition) is 7. The monoisotopic (exact) mass is 449 g/mol. The molecule has 2 aromatic rings. The maximum absolute atomic E-state index is 12.7. The van der Waals surface area contributed by atoms with Gasteiger partial charge < -0.3 is 19.9 Å². The number of amides is 1. The zero-order valence-electron chi connectivity index (χ0n) is 17.4. The van der Waals surface area contributed by atoms with E-state index < -0.39 is 34.2 Å². The highest BCUT2D eigenvalue weighted by Crippen LogP contribution is 2.17. The van der Waals surface area contributed by atoms with E-state index in [1.165, 1.54) is 7.05 Å². The van der Waals surface area contributed by atoms with Crippen molar-refractivity contribution in [2.45, 2.75) is 43.9 Å². The second kappa shape index (κ2) is 10.9. The van der Waals surface area contributed by atoms with Crippen LogP contribution in [0.15, 0.2) is 41.0 Å². The zero-order chi connectivity index (χ0) is 23.0. The highest BCUT2D eigenvalue weighted by molar-refractivity contribution is 7.92. The lowest BCUT2D eigenvalue weighted by molar-refractivity contribution is -0.00791. The third-order valence-corrected chi connectivity index (χ3v) is 5.89. The maximum atomic E-state index is 12.7. The highest BCUT2D eigenvalue weighted by Gasteiger charge is 2.29. The molecule has 168 valence electrons. The molecular formula is C21H27N3O6S. The van der Waals surface area contributed by atoms with E-state index in [9.17, 15) is 23.4 Å². The lowest BCUT2D eigenvalue weighted by Gasteiger charge is -2.27. The van der Waals surface area contributed by atoms with Crippen molar-refractivity contribution in [1.29, 1.82) is 0 Å². The number of anilines is 1. The topological polar surface area (TPSA) is 133 Å². The van der Waals surface area contributed by atoms with Crippen molar-refractivity contribution >= 4 is 21.9 Å². The van der Waals surface area contributed by atoms with Crippen LogP contribution >= 0.6 is 0 Å². The first-order valence-corrected chi connectivity index (χ1v) is 11.5. The van der Waals surface area contributed by atoms with Crippen LogP contribution in [-0.2, 0) is 16.4 Å². The van der Waals surface area contributed by atoms with Gasteiger partial charge in [0, 0.05) is 13.5 Å². The molecule has 1 amide bonds. The molecule has 1 heterocycles. The number of carbonyl (C=O) groups excluding carboxylic acids is 1. The standard InChI is InChI=1S/C21H27N3O6S/c1-4-5-7-12-18(25)19(26)16(13-15-10-8-6-9-11-15)22-20(27)17-14-30-21(23-17)24(2)31(3,28)29/h1,6,8-11,14,16,18-19,25-26H,5,7,12-13H2,2-3H3,(H,22,27). The van der Waals surface area contributed by atoms with Crippen molar-refractivity contribution in [2.24, 2.45) is 0 Å². The van der Waals surface area contributed by atoms with Crippen LogP contribution < -0.4 is 9.62 Å². The molecule has 3 atom stereocenters. The maximum Gasteiger partial charge on any atom is 0.311 e. The molecule has 31 heavy (non-hydrogen) atoms. The van der Waals surface area contributed by atoms with E-state index in [1.807, 2.05) is 30.3 Å². The Morgan fingerprint density at radius 2 is 2.00 bits per heavy atom. The van der Waals surface area contributed by atoms with E-state index in [4.69, 9.17) is 10.8 Å². The van der Waals surface area contributed by atoms with Gasteiger partial charge in [0.2, 0.25) is 10.0 Å². The summed E-state index contributed by atoms with van der Waals surface area (Å²) in [6.45, 7) is 0. The molecule has 0 saturated heterocycles. The predicted molar refractivity (Wildman–Crippen MR) is 116 cm³/mol. The van der Waals surface area contributed by atoms with Gasteiger partial charge in [0.05, 0.1) is 18.4 Å². The number of nitrogens with zero attached hydrogens (tertiary/aromatic N) is 2. The molecule has 0 bridgehead atoms. The van der Waals surface area contributed by atoms with Gasteiger partial charge >= 0.3 is 6.01 Å². The molecule has 0 radical (unpaired) electrons. The molecule has 1 aromatic heterocycles. The van der Waals surface area contributed by atoms with E-state index in [-0.39, 0.29) is 24.6 Å². The van der Waals surface area contributed by atoms with Gasteiger partial charge in [-0.25, -0.2) is 12.7 Å². The minimum Gasteiger partial charge on any atom is -0.430 e. The third kappa shape index (κ3) is 7.10. The summed E-state index contributed by atoms with van der Waals surface area (Å²) >= 11 is 0. The molecule has 9 nitrogen and oxygen atoms in total. The second-order valence-electron chi connectivity index (χ2n) is 7.17. The molecule has 10 heteroatoms. The molecule has 0 aliphatic rings. The number of aliphatic hydroxyl groups excluding tert-OH is 2. The van der Waals surface area contributed by atoms with Crippen molar-refractivity contribution in [1.82, 2.24) is 10.3 Å². The normalized spacial score (nSPS) is 14.3. The summed E-state index contributed by atoms with van der Waals surface area (Å²) in [5.74, 6) is 1.81. The molecule has 0 aliphatic carbocycles. The van der Waals surface area contributed by atoms with Gasteiger partial charge in [-0.3, -0.25) is 4.79 Å². The van der Waals surface area contributed by atoms with E-state index in [0.29, 0.717) is 12.8 Å². The number of carbonyl (C=O) groups is 1. The Hall–Kier alpha value is -2.87. The summed E-state index contributed by atoms with van der Waals surface area (Å²) in [5.41, 5.74) is 0.693. The Bertz CT molecular complexity index is 1000. The van der Waals surface area contributed by atoms with Crippen LogP contribution in [0.4, 0.5) is 6.01 Å². The number of aliphatic hydroxyl groups is 2. The van der Waals surface area contributed by atoms with Crippen LogP contribution in [0, 0.1) is 12.3 Å². The van der Waals surface area contributed by atoms with Crippen LogP contribution in [0.25, 0.3) is 0 Å². The van der Waals surface area contributed by atoms with E-state index in [1.54, 1.807) is 0 Å². The lowest BCUT2D eigenvalue weighted by Crippen LogP contribution is -2.49. The fourth-order valence-electron chi connectivity index (χ4n) is 2.87. The van der Waals surface area contributed by atoms with Gasteiger partial charge in [-0.15, -0.1) is 12.3 Å². The number of hydrogen-bond donors (Lipinski definition) is 3. The molecule has 0 spiro atoms. The first-order valence-electron chi connectivity index (χ1n) is 9.67. The Kier molecular flexibility index (Phi) is 8.62. The van der Waals surface area contributed by atoms with Crippen LogP contribution in [0.2, 0.25) is 0 Å². The van der Waals surface area contributed by atoms with E-state index in [0.717, 1.165) is 22.4 Å². The van der Waals surface area contributed by atoms with Crippen LogP contribution in [-0.4, -0.2) is 61.1 Å². The number of terminal acetylenes is 1. The predicted octanol–water partition coefficient (Wildman–Crippen LogP) is 0.937. The van der Waals surface area contributed by atoms with Crippen LogP contribution in [0.3, 0.4) is 0 Å². The largest absolute Gasteiger partial charge is 0.430 e. The Balaban J connectivity index is 2.17. The Morgan fingerprint density at radius 1 is 1.32 bits per heavy atom. The molecule has 2 rings (SSSR count). The van der Waals surface area contributed by atoms with Crippen molar-refractivity contribution in [3.05, 3.63) is 47.9 Å². The summed E-state index contributed by atoms with van der Waals surface area (Å²) in [6.07, 6.45) is 6.42. The number of oxazole rings is 1. The van der Waals surface area contributed by atoms with Gasteiger partial charge in [-0.2, -0.15) is 4.98 Å². The molecule has 3 unspecified atom stereocenters. The van der Waals surface area contributed by atoms with Crippen molar-refractivity contribution in [2.75, 3.05) is 17.6 Å². The smallest absolute Gasteiger partial charge is 0.311 e. The minimum absolute atomic E-state index is 0.155. The summed E-state index contributed by atoms with van der Waals surface area (Å²) in [7, 11) is -2.36. The summed E-state index contributed by atoms with van der Waals surface area (Å²) < 4.78 is 29.1. The lowest BCUT2D eigenvalue weighted by atomic mass is 9.95. The summed E-state index contributed by atoms with van der Waals surface area (Å²) in [5, 5.41) is 23.7. The zero-order valence-corrected chi connectivity index (χ0v) is 18.2. The molecular weight excluding hydrogens is 422 g/mol. The van der Waals surface area contributed by atoms with Gasteiger partial charge in [0.15, 0.2) is 5.69 Å². The number of benzene rings is 1. The molecule has 1 aromatic carbocycles.